The average molecular weight is 429 g/mol. The van der Waals surface area contributed by atoms with Crippen LogP contribution in [0.3, 0.4) is 0 Å². The van der Waals surface area contributed by atoms with E-state index in [4.69, 9.17) is 9.96 Å². The van der Waals surface area contributed by atoms with E-state index in [1.165, 1.54) is 4.90 Å². The first-order chi connectivity index (χ1) is 12.3. The van der Waals surface area contributed by atoms with Crippen LogP contribution < -0.4 is 4.90 Å². The molecule has 0 aliphatic carbocycles. The standard InChI is InChI=1S/C18H24N2O2S.CH4O3S/c1-10-15(22)20(16(19)23-10)11-8-12(17(2,3)4)14(21)13(9-11)18(5,6)7;1-5(2,3)4/h8-9,19,21H,1H2,2-7H3;1H3,(H,2,3,4). The van der Waals surface area contributed by atoms with E-state index in [0.29, 0.717) is 16.8 Å². The van der Waals surface area contributed by atoms with Gasteiger partial charge in [-0.2, -0.15) is 8.42 Å². The van der Waals surface area contributed by atoms with Gasteiger partial charge in [0.1, 0.15) is 5.75 Å². The quantitative estimate of drug-likeness (QED) is 0.459. The van der Waals surface area contributed by atoms with Crippen molar-refractivity contribution >= 4 is 38.6 Å². The van der Waals surface area contributed by atoms with Gasteiger partial charge in [0.25, 0.3) is 16.0 Å². The van der Waals surface area contributed by atoms with Crippen molar-refractivity contribution in [3.05, 3.63) is 34.7 Å². The van der Waals surface area contributed by atoms with Crippen molar-refractivity contribution in [2.45, 2.75) is 52.4 Å². The van der Waals surface area contributed by atoms with Crippen molar-refractivity contribution in [3.8, 4) is 5.75 Å². The number of carbonyl (C=O) groups excluding carboxylic acids is 1. The highest BCUT2D eigenvalue weighted by molar-refractivity contribution is 8.19. The van der Waals surface area contributed by atoms with Crippen molar-refractivity contribution in [3.63, 3.8) is 0 Å². The Bertz CT molecular complexity index is 880. The van der Waals surface area contributed by atoms with E-state index < -0.39 is 10.1 Å². The lowest BCUT2D eigenvalue weighted by molar-refractivity contribution is -0.113. The molecule has 1 aromatic rings. The van der Waals surface area contributed by atoms with E-state index in [1.807, 2.05) is 41.5 Å². The number of phenols is 1. The molecule has 1 fully saturated rings. The second kappa shape index (κ2) is 7.88. The van der Waals surface area contributed by atoms with E-state index in [9.17, 15) is 18.3 Å². The summed E-state index contributed by atoms with van der Waals surface area (Å²) in [5.41, 5.74) is 1.58. The van der Waals surface area contributed by atoms with Gasteiger partial charge < -0.3 is 5.11 Å². The number of anilines is 1. The first kappa shape index (κ1) is 24.2. The molecule has 9 heteroatoms. The molecule has 1 aliphatic heterocycles. The number of thioether (sulfide) groups is 1. The molecule has 7 nitrogen and oxygen atoms in total. The molecule has 0 aromatic heterocycles. The molecule has 1 amide bonds. The zero-order chi connectivity index (χ0) is 22.2. The number of nitrogens with zero attached hydrogens (tertiary/aromatic N) is 1. The average Bonchev–Trinajstić information content (AvgIpc) is 2.68. The Morgan fingerprint density at radius 1 is 1.07 bits per heavy atom. The normalized spacial score (nSPS) is 15.6. The van der Waals surface area contributed by atoms with Gasteiger partial charge in [0.2, 0.25) is 0 Å². The summed E-state index contributed by atoms with van der Waals surface area (Å²) in [7, 11) is -3.67. The van der Waals surface area contributed by atoms with Gasteiger partial charge in [-0.15, -0.1) is 0 Å². The second-order valence-corrected chi connectivity index (χ2v) is 11.1. The number of phenolic OH excluding ortho intramolecular Hbond substituents is 1. The van der Waals surface area contributed by atoms with Gasteiger partial charge in [-0.1, -0.05) is 48.1 Å². The summed E-state index contributed by atoms with van der Waals surface area (Å²) in [6.07, 6.45) is 0.715. The van der Waals surface area contributed by atoms with E-state index >= 15 is 0 Å². The number of carbonyl (C=O) groups is 1. The first-order valence-electron chi connectivity index (χ1n) is 8.44. The summed E-state index contributed by atoms with van der Waals surface area (Å²) in [4.78, 5) is 14.0. The number of amides is 1. The van der Waals surface area contributed by atoms with E-state index in [0.717, 1.165) is 22.9 Å². The number of aromatic hydroxyl groups is 1. The molecule has 1 aliphatic rings. The molecular weight excluding hydrogens is 400 g/mol. The van der Waals surface area contributed by atoms with Gasteiger partial charge in [0.05, 0.1) is 16.8 Å². The van der Waals surface area contributed by atoms with Gasteiger partial charge in [0.15, 0.2) is 5.17 Å². The number of rotatable bonds is 1. The Labute approximate surface area is 171 Å². The van der Waals surface area contributed by atoms with Gasteiger partial charge in [-0.25, -0.2) is 0 Å². The summed E-state index contributed by atoms with van der Waals surface area (Å²) >= 11 is 1.07. The Balaban J connectivity index is 0.000000696. The van der Waals surface area contributed by atoms with Crippen LogP contribution in [0.5, 0.6) is 5.75 Å². The van der Waals surface area contributed by atoms with E-state index in [-0.39, 0.29) is 27.7 Å². The van der Waals surface area contributed by atoms with E-state index in [2.05, 4.69) is 6.58 Å². The maximum Gasteiger partial charge on any atom is 0.270 e. The lowest BCUT2D eigenvalue weighted by atomic mass is 9.79. The van der Waals surface area contributed by atoms with Crippen molar-refractivity contribution in [1.29, 1.82) is 5.41 Å². The van der Waals surface area contributed by atoms with Crippen LogP contribution in [-0.2, 0) is 25.7 Å². The molecule has 0 bridgehead atoms. The summed E-state index contributed by atoms with van der Waals surface area (Å²) in [6, 6.07) is 3.60. The lowest BCUT2D eigenvalue weighted by Gasteiger charge is -2.29. The van der Waals surface area contributed by atoms with Crippen LogP contribution in [0.4, 0.5) is 5.69 Å². The molecule has 0 spiro atoms. The third kappa shape index (κ3) is 6.08. The summed E-state index contributed by atoms with van der Waals surface area (Å²) in [5.74, 6) is -0.0104. The third-order valence-corrected chi connectivity index (χ3v) is 4.63. The van der Waals surface area contributed by atoms with Crippen LogP contribution in [-0.4, -0.2) is 35.4 Å². The SMILES string of the molecule is C=C1SC(=N)N(c2cc(C(C)(C)C)c(O)c(C(C)(C)C)c2)C1=O.CS(=O)(=O)O. The predicted molar refractivity (Wildman–Crippen MR) is 115 cm³/mol. The minimum atomic E-state index is -3.67. The molecule has 1 heterocycles. The molecule has 1 aromatic carbocycles. The van der Waals surface area contributed by atoms with E-state index in [1.54, 1.807) is 12.1 Å². The molecule has 28 heavy (non-hydrogen) atoms. The smallest absolute Gasteiger partial charge is 0.270 e. The van der Waals surface area contributed by atoms with Crippen molar-refractivity contribution < 1.29 is 22.9 Å². The highest BCUT2D eigenvalue weighted by atomic mass is 32.2. The van der Waals surface area contributed by atoms with Gasteiger partial charge in [-0.05, 0) is 34.7 Å². The maximum atomic E-state index is 12.3. The van der Waals surface area contributed by atoms with Gasteiger partial charge in [-0.3, -0.25) is 19.7 Å². The molecule has 0 atom stereocenters. The van der Waals surface area contributed by atoms with Gasteiger partial charge in [0, 0.05) is 11.1 Å². The minimum absolute atomic E-state index is 0.144. The number of nitrogens with one attached hydrogen (secondary N) is 1. The first-order valence-corrected chi connectivity index (χ1v) is 11.1. The van der Waals surface area contributed by atoms with Crippen LogP contribution in [0.25, 0.3) is 0 Å². The van der Waals surface area contributed by atoms with Crippen LogP contribution in [0.1, 0.15) is 52.7 Å². The topological polar surface area (TPSA) is 119 Å². The zero-order valence-corrected chi connectivity index (χ0v) is 18.9. The minimum Gasteiger partial charge on any atom is -0.507 e. The number of amidine groups is 1. The molecule has 0 unspecified atom stereocenters. The number of hydrogen-bond acceptors (Lipinski definition) is 6. The van der Waals surface area contributed by atoms with Crippen molar-refractivity contribution in [2.24, 2.45) is 0 Å². The van der Waals surface area contributed by atoms with Crippen LogP contribution in [0.2, 0.25) is 0 Å². The molecule has 2 rings (SSSR count). The number of benzene rings is 1. The highest BCUT2D eigenvalue weighted by Crippen LogP contribution is 2.43. The Morgan fingerprint density at radius 3 is 1.68 bits per heavy atom. The fraction of sp³-hybridized carbons (Fsp3) is 0.474. The largest absolute Gasteiger partial charge is 0.507 e. The Morgan fingerprint density at radius 2 is 1.43 bits per heavy atom. The summed E-state index contributed by atoms with van der Waals surface area (Å²) in [5, 5.41) is 18.9. The molecule has 3 N–H and O–H groups in total. The molecular formula is C19H28N2O5S2. The maximum absolute atomic E-state index is 12.3. The van der Waals surface area contributed by atoms with Crippen molar-refractivity contribution in [2.75, 3.05) is 11.2 Å². The molecule has 1 saturated heterocycles. The monoisotopic (exact) mass is 428 g/mol. The predicted octanol–water partition coefficient (Wildman–Crippen LogP) is 4.02. The Hall–Kier alpha value is -1.84. The Kier molecular flexibility index (Phi) is 6.81. The fourth-order valence-corrected chi connectivity index (χ4v) is 3.24. The summed E-state index contributed by atoms with van der Waals surface area (Å²) < 4.78 is 25.9. The third-order valence-electron chi connectivity index (χ3n) is 3.83. The second-order valence-electron chi connectivity index (χ2n) is 8.59. The molecule has 156 valence electrons. The molecule has 0 radical (unpaired) electrons. The van der Waals surface area contributed by atoms with Crippen LogP contribution >= 0.6 is 11.8 Å². The fourth-order valence-electron chi connectivity index (χ4n) is 2.55. The van der Waals surface area contributed by atoms with Crippen LogP contribution in [0.15, 0.2) is 23.6 Å². The number of hydrogen-bond donors (Lipinski definition) is 3. The summed E-state index contributed by atoms with van der Waals surface area (Å²) in [6.45, 7) is 15.8. The highest BCUT2D eigenvalue weighted by Gasteiger charge is 2.35. The van der Waals surface area contributed by atoms with Crippen LogP contribution in [0, 0.1) is 5.41 Å². The lowest BCUT2D eigenvalue weighted by Crippen LogP contribution is -2.29. The van der Waals surface area contributed by atoms with Crippen molar-refractivity contribution in [1.82, 2.24) is 0 Å². The zero-order valence-electron chi connectivity index (χ0n) is 17.2. The van der Waals surface area contributed by atoms with Gasteiger partial charge >= 0.3 is 0 Å². The molecule has 0 saturated carbocycles.